The molecule has 0 aliphatic carbocycles. The van der Waals surface area contributed by atoms with E-state index in [2.05, 4.69) is 51.7 Å². The maximum atomic E-state index is 6.26. The summed E-state index contributed by atoms with van der Waals surface area (Å²) in [7, 11) is -0.346. The van der Waals surface area contributed by atoms with Crippen LogP contribution in [0.15, 0.2) is 18.2 Å². The van der Waals surface area contributed by atoms with E-state index >= 15 is 0 Å². The zero-order valence-corrected chi connectivity index (χ0v) is 17.5. The Bertz CT molecular complexity index is 613. The molecule has 2 fully saturated rings. The van der Waals surface area contributed by atoms with Gasteiger partial charge in [-0.25, -0.2) is 0 Å². The Morgan fingerprint density at radius 1 is 1.07 bits per heavy atom. The van der Waals surface area contributed by atoms with Crippen LogP contribution in [0, 0.1) is 0 Å². The van der Waals surface area contributed by atoms with Gasteiger partial charge in [-0.05, 0) is 57.6 Å². The summed E-state index contributed by atoms with van der Waals surface area (Å²) in [5.41, 5.74) is 1.60. The summed E-state index contributed by atoms with van der Waals surface area (Å²) >= 11 is 0. The second-order valence-corrected chi connectivity index (χ2v) is 8.42. The number of morpholine rings is 1. The maximum absolute atomic E-state index is 6.26. The Morgan fingerprint density at radius 2 is 1.74 bits per heavy atom. The average Bonchev–Trinajstić information content (AvgIpc) is 2.86. The second kappa shape index (κ2) is 8.52. The van der Waals surface area contributed by atoms with E-state index < -0.39 is 0 Å². The van der Waals surface area contributed by atoms with Crippen molar-refractivity contribution in [3.63, 3.8) is 0 Å². The van der Waals surface area contributed by atoms with Crippen molar-refractivity contribution in [3.8, 4) is 5.75 Å². The molecule has 0 unspecified atom stereocenters. The van der Waals surface area contributed by atoms with Crippen molar-refractivity contribution in [2.75, 3.05) is 39.5 Å². The fourth-order valence-corrected chi connectivity index (χ4v) is 3.58. The van der Waals surface area contributed by atoms with Gasteiger partial charge in [-0.1, -0.05) is 19.1 Å². The third-order valence-corrected chi connectivity index (χ3v) is 6.01. The monoisotopic (exact) mass is 375 g/mol. The van der Waals surface area contributed by atoms with Crippen molar-refractivity contribution in [2.45, 2.75) is 58.7 Å². The first-order valence-electron chi connectivity index (χ1n) is 10.2. The molecule has 0 amide bonds. The van der Waals surface area contributed by atoms with Gasteiger partial charge in [0, 0.05) is 19.6 Å². The minimum Gasteiger partial charge on any atom is -0.493 e. The molecule has 2 aliphatic heterocycles. The van der Waals surface area contributed by atoms with Gasteiger partial charge in [0.2, 0.25) is 0 Å². The van der Waals surface area contributed by atoms with Gasteiger partial charge >= 0.3 is 7.12 Å². The predicted molar refractivity (Wildman–Crippen MR) is 109 cm³/mol. The van der Waals surface area contributed by atoms with Gasteiger partial charge in [-0.15, -0.1) is 0 Å². The molecule has 0 N–H and O–H groups in total. The summed E-state index contributed by atoms with van der Waals surface area (Å²) in [5.74, 6) is 0.951. The topological polar surface area (TPSA) is 40.2 Å². The molecule has 27 heavy (non-hydrogen) atoms. The van der Waals surface area contributed by atoms with E-state index in [0.717, 1.165) is 63.5 Å². The van der Waals surface area contributed by atoms with E-state index in [9.17, 15) is 0 Å². The highest BCUT2D eigenvalue weighted by Gasteiger charge is 2.52. The summed E-state index contributed by atoms with van der Waals surface area (Å²) in [6.07, 6.45) is 1.91. The first-order chi connectivity index (χ1) is 12.8. The minimum absolute atomic E-state index is 0.336. The molecule has 0 atom stereocenters. The lowest BCUT2D eigenvalue weighted by atomic mass is 9.75. The number of hydrogen-bond donors (Lipinski definition) is 0. The maximum Gasteiger partial charge on any atom is 0.495 e. The van der Waals surface area contributed by atoms with E-state index in [-0.39, 0.29) is 18.3 Å². The van der Waals surface area contributed by atoms with Crippen LogP contribution in [-0.4, -0.2) is 62.7 Å². The molecule has 0 aromatic heterocycles. The molecule has 3 rings (SSSR count). The molecule has 0 bridgehead atoms. The van der Waals surface area contributed by atoms with Crippen LogP contribution in [0.3, 0.4) is 0 Å². The van der Waals surface area contributed by atoms with Crippen LogP contribution < -0.4 is 10.2 Å². The third kappa shape index (κ3) is 4.68. The van der Waals surface area contributed by atoms with Crippen molar-refractivity contribution in [3.05, 3.63) is 23.8 Å². The van der Waals surface area contributed by atoms with Gasteiger partial charge in [0.25, 0.3) is 0 Å². The normalized spacial score (nSPS) is 22.2. The van der Waals surface area contributed by atoms with Crippen molar-refractivity contribution < 1.29 is 18.8 Å². The molecule has 2 aliphatic rings. The van der Waals surface area contributed by atoms with Gasteiger partial charge in [0.1, 0.15) is 5.75 Å². The number of hydrogen-bond acceptors (Lipinski definition) is 5. The predicted octanol–water partition coefficient (Wildman–Crippen LogP) is 2.65. The summed E-state index contributed by atoms with van der Waals surface area (Å²) in [4.78, 5) is 2.44. The van der Waals surface area contributed by atoms with Gasteiger partial charge in [0.15, 0.2) is 0 Å². The Morgan fingerprint density at radius 3 is 2.37 bits per heavy atom. The summed E-state index contributed by atoms with van der Waals surface area (Å²) in [5, 5.41) is 0. The lowest BCUT2D eigenvalue weighted by molar-refractivity contribution is 0.00578. The summed E-state index contributed by atoms with van der Waals surface area (Å²) in [6, 6.07) is 6.20. The van der Waals surface area contributed by atoms with E-state index in [1.165, 1.54) is 5.56 Å². The molecule has 1 aromatic carbocycles. The van der Waals surface area contributed by atoms with Crippen molar-refractivity contribution in [2.24, 2.45) is 0 Å². The largest absolute Gasteiger partial charge is 0.495 e. The second-order valence-electron chi connectivity index (χ2n) is 8.42. The average molecular weight is 375 g/mol. The van der Waals surface area contributed by atoms with E-state index in [1.54, 1.807) is 0 Å². The van der Waals surface area contributed by atoms with Crippen LogP contribution in [0.5, 0.6) is 5.75 Å². The summed E-state index contributed by atoms with van der Waals surface area (Å²) in [6.45, 7) is 16.0. The number of ether oxygens (including phenoxy) is 2. The van der Waals surface area contributed by atoms with Gasteiger partial charge in [-0.2, -0.15) is 0 Å². The van der Waals surface area contributed by atoms with Crippen LogP contribution in [-0.2, 0) is 20.5 Å². The SMILES string of the molecule is CCc1c(OCCCN2CCOCC2)cccc1B1OC(C)(C)C(C)(C)O1. The molecule has 150 valence electrons. The number of rotatable bonds is 7. The molecular weight excluding hydrogens is 341 g/mol. The lowest BCUT2D eigenvalue weighted by Gasteiger charge is -2.32. The van der Waals surface area contributed by atoms with Crippen LogP contribution in [0.25, 0.3) is 0 Å². The standard InChI is InChI=1S/C21H34BNO4/c1-6-17-18(22-26-20(2,3)21(4,5)27-22)9-7-10-19(17)25-14-8-11-23-12-15-24-16-13-23/h7,9-10H,6,8,11-16H2,1-5H3. The van der Waals surface area contributed by atoms with Crippen molar-refractivity contribution >= 4 is 12.6 Å². The summed E-state index contributed by atoms with van der Waals surface area (Å²) < 4.78 is 24.1. The zero-order chi connectivity index (χ0) is 19.5. The van der Waals surface area contributed by atoms with Gasteiger partial charge in [0.05, 0.1) is 31.0 Å². The molecular formula is C21H34BNO4. The Kier molecular flexibility index (Phi) is 6.52. The van der Waals surface area contributed by atoms with Gasteiger partial charge in [-0.3, -0.25) is 4.90 Å². The lowest BCUT2D eigenvalue weighted by Crippen LogP contribution is -2.41. The quantitative estimate of drug-likeness (QED) is 0.541. The van der Waals surface area contributed by atoms with E-state index in [1.807, 2.05) is 6.07 Å². The Hall–Kier alpha value is -1.08. The molecule has 6 heteroatoms. The number of nitrogens with zero attached hydrogens (tertiary/aromatic N) is 1. The van der Waals surface area contributed by atoms with Crippen molar-refractivity contribution in [1.29, 1.82) is 0 Å². The Labute approximate surface area is 164 Å². The smallest absolute Gasteiger partial charge is 0.493 e. The van der Waals surface area contributed by atoms with Gasteiger partial charge < -0.3 is 18.8 Å². The Balaban J connectivity index is 1.62. The first-order valence-corrected chi connectivity index (χ1v) is 10.2. The minimum atomic E-state index is -0.346. The number of benzene rings is 1. The molecule has 0 saturated carbocycles. The zero-order valence-electron chi connectivity index (χ0n) is 17.5. The fraction of sp³-hybridized carbons (Fsp3) is 0.714. The van der Waals surface area contributed by atoms with Crippen LogP contribution in [0.1, 0.15) is 46.6 Å². The van der Waals surface area contributed by atoms with E-state index in [0.29, 0.717) is 0 Å². The highest BCUT2D eigenvalue weighted by Crippen LogP contribution is 2.37. The van der Waals surface area contributed by atoms with Crippen molar-refractivity contribution in [1.82, 2.24) is 4.90 Å². The highest BCUT2D eigenvalue weighted by molar-refractivity contribution is 6.62. The molecule has 5 nitrogen and oxygen atoms in total. The van der Waals surface area contributed by atoms with Crippen LogP contribution >= 0.6 is 0 Å². The van der Waals surface area contributed by atoms with E-state index in [4.69, 9.17) is 18.8 Å². The third-order valence-electron chi connectivity index (χ3n) is 6.01. The molecule has 2 saturated heterocycles. The molecule has 0 radical (unpaired) electrons. The van der Waals surface area contributed by atoms with Crippen LogP contribution in [0.4, 0.5) is 0 Å². The van der Waals surface area contributed by atoms with Crippen LogP contribution in [0.2, 0.25) is 0 Å². The molecule has 1 aromatic rings. The molecule has 0 spiro atoms. The highest BCUT2D eigenvalue weighted by atomic mass is 16.7. The molecule has 2 heterocycles. The fourth-order valence-electron chi connectivity index (χ4n) is 3.58. The first kappa shape index (κ1) is 20.7.